The monoisotopic (exact) mass is 332 g/mol. The van der Waals surface area contributed by atoms with Crippen molar-refractivity contribution in [2.45, 2.75) is 72.8 Å². The highest BCUT2D eigenvalue weighted by atomic mass is 16.5. The summed E-state index contributed by atoms with van der Waals surface area (Å²) in [6.45, 7) is 15.4. The van der Waals surface area contributed by atoms with E-state index in [1.54, 1.807) is 7.11 Å². The van der Waals surface area contributed by atoms with Gasteiger partial charge < -0.3 is 10.2 Å². The summed E-state index contributed by atoms with van der Waals surface area (Å²) in [6, 6.07) is 6.45. The Morgan fingerprint density at radius 3 is 2.50 bits per heavy atom. The molecule has 1 unspecified atom stereocenters. The van der Waals surface area contributed by atoms with E-state index in [0.717, 1.165) is 22.6 Å². The van der Waals surface area contributed by atoms with Gasteiger partial charge in [-0.2, -0.15) is 0 Å². The molecule has 1 aromatic rings. The van der Waals surface area contributed by atoms with Gasteiger partial charge in [0.15, 0.2) is 0 Å². The summed E-state index contributed by atoms with van der Waals surface area (Å²) < 4.78 is 5.40. The molecule has 136 valence electrons. The van der Waals surface area contributed by atoms with Gasteiger partial charge in [0, 0.05) is 22.9 Å². The van der Waals surface area contributed by atoms with Crippen molar-refractivity contribution in [3.63, 3.8) is 0 Å². The van der Waals surface area contributed by atoms with Crippen molar-refractivity contribution in [1.82, 2.24) is 10.9 Å². The molecule has 0 radical (unpaired) electrons. The molecule has 0 aromatic heterocycles. The fourth-order valence-corrected chi connectivity index (χ4v) is 2.90. The van der Waals surface area contributed by atoms with Crippen LogP contribution in [0.2, 0.25) is 0 Å². The Kier molecular flexibility index (Phi) is 8.34. The van der Waals surface area contributed by atoms with Crippen LogP contribution in [0.3, 0.4) is 0 Å². The van der Waals surface area contributed by atoms with Crippen LogP contribution in [0.15, 0.2) is 24.8 Å². The second-order valence-electron chi connectivity index (χ2n) is 7.65. The van der Waals surface area contributed by atoms with Crippen LogP contribution in [0.5, 0.6) is 5.75 Å². The van der Waals surface area contributed by atoms with E-state index in [0.29, 0.717) is 6.04 Å². The lowest BCUT2D eigenvalue weighted by Gasteiger charge is -2.32. The second kappa shape index (κ2) is 9.73. The van der Waals surface area contributed by atoms with Gasteiger partial charge in [-0.1, -0.05) is 72.1 Å². The fraction of sp³-hybridized carbons (Fsp3) is 0.619. The summed E-state index contributed by atoms with van der Waals surface area (Å²) in [6.07, 6.45) is 6.33. The zero-order chi connectivity index (χ0) is 18.2. The third kappa shape index (κ3) is 6.20. The van der Waals surface area contributed by atoms with E-state index >= 15 is 0 Å². The van der Waals surface area contributed by atoms with Crippen molar-refractivity contribution in [2.24, 2.45) is 5.41 Å². The van der Waals surface area contributed by atoms with Crippen molar-refractivity contribution >= 4 is 5.70 Å². The molecule has 0 amide bonds. The maximum atomic E-state index is 5.40. The zero-order valence-corrected chi connectivity index (χ0v) is 16.5. The van der Waals surface area contributed by atoms with Crippen molar-refractivity contribution in [2.75, 3.05) is 7.11 Å². The van der Waals surface area contributed by atoms with Crippen LogP contribution in [0.25, 0.3) is 5.70 Å². The molecule has 1 rings (SSSR count). The number of nitrogens with one attached hydrogen (secondary N) is 2. The van der Waals surface area contributed by atoms with Gasteiger partial charge in [-0.05, 0) is 24.8 Å². The fourth-order valence-electron chi connectivity index (χ4n) is 2.90. The van der Waals surface area contributed by atoms with Crippen LogP contribution in [0.1, 0.15) is 70.9 Å². The number of hydrogen-bond acceptors (Lipinski definition) is 3. The number of rotatable bonds is 10. The van der Waals surface area contributed by atoms with E-state index in [4.69, 9.17) is 4.74 Å². The molecule has 0 aliphatic carbocycles. The van der Waals surface area contributed by atoms with Crippen molar-refractivity contribution < 1.29 is 4.74 Å². The molecular weight excluding hydrogens is 296 g/mol. The summed E-state index contributed by atoms with van der Waals surface area (Å²) in [7, 11) is 1.70. The van der Waals surface area contributed by atoms with Crippen LogP contribution in [0, 0.1) is 12.3 Å². The highest BCUT2D eigenvalue weighted by Gasteiger charge is 2.24. The average Bonchev–Trinajstić information content (AvgIpc) is 2.52. The van der Waals surface area contributed by atoms with Crippen molar-refractivity contribution in [1.29, 1.82) is 0 Å². The SMILES string of the molecule is C=C(NNC(CCCCCC)C(C)(C)C)c1cccc(OC)c1C. The predicted octanol–water partition coefficient (Wildman–Crippen LogP) is 5.45. The Balaban J connectivity index is 2.67. The van der Waals surface area contributed by atoms with E-state index in [2.05, 4.69) is 58.1 Å². The molecule has 0 saturated heterocycles. The molecule has 0 heterocycles. The molecule has 0 aliphatic rings. The van der Waals surface area contributed by atoms with E-state index in [1.165, 1.54) is 32.1 Å². The Morgan fingerprint density at radius 2 is 1.92 bits per heavy atom. The Labute approximate surface area is 148 Å². The molecule has 1 aromatic carbocycles. The van der Waals surface area contributed by atoms with Gasteiger partial charge in [0.05, 0.1) is 7.11 Å². The van der Waals surface area contributed by atoms with Gasteiger partial charge >= 0.3 is 0 Å². The smallest absolute Gasteiger partial charge is 0.122 e. The van der Waals surface area contributed by atoms with E-state index in [1.807, 2.05) is 12.1 Å². The molecule has 3 nitrogen and oxygen atoms in total. The van der Waals surface area contributed by atoms with Crippen LogP contribution >= 0.6 is 0 Å². The zero-order valence-electron chi connectivity index (χ0n) is 16.5. The van der Waals surface area contributed by atoms with E-state index < -0.39 is 0 Å². The largest absolute Gasteiger partial charge is 0.496 e. The number of unbranched alkanes of at least 4 members (excludes halogenated alkanes) is 3. The summed E-state index contributed by atoms with van der Waals surface area (Å²) in [5, 5.41) is 0. The number of benzene rings is 1. The van der Waals surface area contributed by atoms with Gasteiger partial charge in [0.1, 0.15) is 5.75 Å². The van der Waals surface area contributed by atoms with Gasteiger partial charge in [0.25, 0.3) is 0 Å². The standard InChI is InChI=1S/C21H36N2O/c1-8-9-10-11-15-20(21(4,5)6)23-22-17(3)18-13-12-14-19(24-7)16(18)2/h12-14,20,22-23H,3,8-11,15H2,1-2,4-7H3. The number of hydrazine groups is 1. The summed E-state index contributed by atoms with van der Waals surface area (Å²) in [5.41, 5.74) is 10.1. The third-order valence-corrected chi connectivity index (χ3v) is 4.62. The minimum Gasteiger partial charge on any atom is -0.496 e. The van der Waals surface area contributed by atoms with Crippen molar-refractivity contribution in [3.8, 4) is 5.75 Å². The number of hydrogen-bond donors (Lipinski definition) is 2. The quantitative estimate of drug-likeness (QED) is 0.441. The topological polar surface area (TPSA) is 33.3 Å². The first kappa shape index (κ1) is 20.6. The molecule has 0 spiro atoms. The first-order valence-corrected chi connectivity index (χ1v) is 9.15. The molecule has 0 saturated carbocycles. The van der Waals surface area contributed by atoms with Crippen LogP contribution in [-0.2, 0) is 0 Å². The summed E-state index contributed by atoms with van der Waals surface area (Å²) >= 11 is 0. The number of methoxy groups -OCH3 is 1. The highest BCUT2D eigenvalue weighted by molar-refractivity contribution is 5.66. The maximum absolute atomic E-state index is 5.40. The first-order chi connectivity index (χ1) is 11.3. The second-order valence-corrected chi connectivity index (χ2v) is 7.65. The lowest BCUT2D eigenvalue weighted by Crippen LogP contribution is -2.47. The Morgan fingerprint density at radius 1 is 1.21 bits per heavy atom. The minimum absolute atomic E-state index is 0.197. The van der Waals surface area contributed by atoms with Gasteiger partial charge in [0.2, 0.25) is 0 Å². The molecule has 2 N–H and O–H groups in total. The van der Waals surface area contributed by atoms with Gasteiger partial charge in [-0.25, -0.2) is 5.43 Å². The summed E-state index contributed by atoms with van der Waals surface area (Å²) in [5.74, 6) is 0.891. The normalized spacial score (nSPS) is 12.8. The molecule has 0 aliphatic heterocycles. The molecule has 0 bridgehead atoms. The van der Waals surface area contributed by atoms with Crippen molar-refractivity contribution in [3.05, 3.63) is 35.9 Å². The Hall–Kier alpha value is -1.48. The third-order valence-electron chi connectivity index (χ3n) is 4.62. The Bertz CT molecular complexity index is 517. The first-order valence-electron chi connectivity index (χ1n) is 9.15. The predicted molar refractivity (Wildman–Crippen MR) is 105 cm³/mol. The molecule has 3 heteroatoms. The lowest BCUT2D eigenvalue weighted by molar-refractivity contribution is 0.238. The molecular formula is C21H36N2O. The van der Waals surface area contributed by atoms with Gasteiger partial charge in [-0.15, -0.1) is 0 Å². The molecule has 1 atom stereocenters. The van der Waals surface area contributed by atoms with Crippen LogP contribution < -0.4 is 15.6 Å². The maximum Gasteiger partial charge on any atom is 0.122 e. The van der Waals surface area contributed by atoms with Crippen LogP contribution in [-0.4, -0.2) is 13.2 Å². The molecule has 24 heavy (non-hydrogen) atoms. The highest BCUT2D eigenvalue weighted by Crippen LogP contribution is 2.26. The van der Waals surface area contributed by atoms with Crippen LogP contribution in [0.4, 0.5) is 0 Å². The molecule has 0 fully saturated rings. The average molecular weight is 333 g/mol. The van der Waals surface area contributed by atoms with Gasteiger partial charge in [-0.3, -0.25) is 0 Å². The number of ether oxygens (including phenoxy) is 1. The van der Waals surface area contributed by atoms with E-state index in [9.17, 15) is 0 Å². The minimum atomic E-state index is 0.197. The lowest BCUT2D eigenvalue weighted by atomic mass is 9.84. The van der Waals surface area contributed by atoms with E-state index in [-0.39, 0.29) is 5.41 Å². The summed E-state index contributed by atoms with van der Waals surface area (Å²) in [4.78, 5) is 0.